The smallest absolute Gasteiger partial charge is 0.138 e. The molecule has 0 aromatic rings. The number of ketones is 1. The Labute approximate surface area is 107 Å². The van der Waals surface area contributed by atoms with Gasteiger partial charge in [0.2, 0.25) is 0 Å². The lowest BCUT2D eigenvalue weighted by molar-refractivity contribution is -0.129. The van der Waals surface area contributed by atoms with Gasteiger partial charge in [-0.2, -0.15) is 0 Å². The summed E-state index contributed by atoms with van der Waals surface area (Å²) >= 11 is 0. The average molecular weight is 242 g/mol. The number of carbonyl (C=O) groups is 1. The second-order valence-corrected chi connectivity index (χ2v) is 4.98. The topological polar surface area (TPSA) is 32.3 Å². The van der Waals surface area contributed by atoms with E-state index in [1.165, 1.54) is 19.5 Å². The van der Waals surface area contributed by atoms with E-state index in [1.807, 2.05) is 6.92 Å². The predicted molar refractivity (Wildman–Crippen MR) is 74.3 cm³/mol. The van der Waals surface area contributed by atoms with Crippen LogP contribution in [0.2, 0.25) is 0 Å². The fraction of sp³-hybridized carbons (Fsp3) is 0.929. The summed E-state index contributed by atoms with van der Waals surface area (Å²) in [6.45, 7) is 12.1. The van der Waals surface area contributed by atoms with Gasteiger partial charge in [0.15, 0.2) is 0 Å². The molecule has 0 saturated carbocycles. The van der Waals surface area contributed by atoms with Crippen molar-refractivity contribution in [3.8, 4) is 0 Å². The third-order valence-corrected chi connectivity index (χ3v) is 3.89. The van der Waals surface area contributed by atoms with E-state index in [9.17, 15) is 4.79 Å². The van der Waals surface area contributed by atoms with Crippen LogP contribution in [0.4, 0.5) is 0 Å². The van der Waals surface area contributed by atoms with Gasteiger partial charge in [-0.1, -0.05) is 21.3 Å². The van der Waals surface area contributed by atoms with Crippen LogP contribution in [-0.2, 0) is 4.79 Å². The van der Waals surface area contributed by atoms with Gasteiger partial charge in [0.25, 0.3) is 0 Å². The minimum atomic E-state index is 0. The first-order valence-corrected chi connectivity index (χ1v) is 6.57. The highest BCUT2D eigenvalue weighted by Crippen LogP contribution is 2.24. The van der Waals surface area contributed by atoms with Crippen LogP contribution in [0.25, 0.3) is 0 Å². The van der Waals surface area contributed by atoms with E-state index in [0.717, 1.165) is 13.0 Å². The molecule has 2 rings (SSSR count). The van der Waals surface area contributed by atoms with Crippen LogP contribution in [0.15, 0.2) is 0 Å². The maximum Gasteiger partial charge on any atom is 0.138 e. The molecule has 0 aromatic heterocycles. The summed E-state index contributed by atoms with van der Waals surface area (Å²) in [5.41, 5.74) is 0. The minimum absolute atomic E-state index is 0. The Balaban J connectivity index is 0.000000433. The molecule has 0 amide bonds. The fourth-order valence-corrected chi connectivity index (χ4v) is 2.33. The zero-order valence-corrected chi connectivity index (χ0v) is 11.1. The quantitative estimate of drug-likeness (QED) is 0.766. The van der Waals surface area contributed by atoms with Crippen molar-refractivity contribution in [2.24, 2.45) is 5.92 Å². The number of likely N-dealkylation sites (tertiary alicyclic amines) is 1. The van der Waals surface area contributed by atoms with Crippen LogP contribution in [0.3, 0.4) is 0 Å². The maximum absolute atomic E-state index is 11.4. The van der Waals surface area contributed by atoms with Gasteiger partial charge in [-0.25, -0.2) is 0 Å². The lowest BCUT2D eigenvalue weighted by Gasteiger charge is -2.41. The molecule has 0 aliphatic carbocycles. The molecule has 2 fully saturated rings. The Hall–Kier alpha value is -0.410. The monoisotopic (exact) mass is 242 g/mol. The number of hydrogen-bond acceptors (Lipinski definition) is 3. The third kappa shape index (κ3) is 4.40. The fourth-order valence-electron chi connectivity index (χ4n) is 2.33. The summed E-state index contributed by atoms with van der Waals surface area (Å²) in [4.78, 5) is 13.9. The van der Waals surface area contributed by atoms with Gasteiger partial charge in [0, 0.05) is 24.4 Å². The second-order valence-electron chi connectivity index (χ2n) is 4.98. The Kier molecular flexibility index (Phi) is 7.64. The standard InChI is InChI=1S/C10H19NO.C3H7N.CH4/c1-5-11-7(2)6-10(12)8(3)9(11)4;1-2-4-3-1;/h7-9H,5-6H2,1-4H3;4H,1-3H2;1H4. The van der Waals surface area contributed by atoms with Gasteiger partial charge in [-0.05, 0) is 39.9 Å². The summed E-state index contributed by atoms with van der Waals surface area (Å²) in [6.07, 6.45) is 2.12. The number of carbonyl (C=O) groups excluding carboxylic acids is 1. The molecule has 2 saturated heterocycles. The first-order valence-electron chi connectivity index (χ1n) is 6.57. The Morgan fingerprint density at radius 3 is 2.12 bits per heavy atom. The molecule has 102 valence electrons. The normalized spacial score (nSPS) is 32.9. The van der Waals surface area contributed by atoms with Crippen molar-refractivity contribution in [1.29, 1.82) is 0 Å². The van der Waals surface area contributed by atoms with Gasteiger partial charge in [0.05, 0.1) is 0 Å². The van der Waals surface area contributed by atoms with Gasteiger partial charge in [-0.3, -0.25) is 9.69 Å². The van der Waals surface area contributed by atoms with Crippen molar-refractivity contribution in [2.75, 3.05) is 19.6 Å². The zero-order chi connectivity index (χ0) is 12.1. The highest BCUT2D eigenvalue weighted by molar-refractivity contribution is 5.82. The van der Waals surface area contributed by atoms with Crippen LogP contribution < -0.4 is 5.32 Å². The summed E-state index contributed by atoms with van der Waals surface area (Å²) in [6, 6.07) is 0.861. The largest absolute Gasteiger partial charge is 0.317 e. The van der Waals surface area contributed by atoms with Crippen molar-refractivity contribution in [1.82, 2.24) is 10.2 Å². The Bertz CT molecular complexity index is 222. The highest BCUT2D eigenvalue weighted by Gasteiger charge is 2.33. The molecule has 0 spiro atoms. The van der Waals surface area contributed by atoms with E-state index in [4.69, 9.17) is 0 Å². The van der Waals surface area contributed by atoms with Crippen LogP contribution in [0.1, 0.15) is 48.0 Å². The van der Waals surface area contributed by atoms with E-state index in [0.29, 0.717) is 17.9 Å². The Morgan fingerprint density at radius 2 is 1.76 bits per heavy atom. The third-order valence-electron chi connectivity index (χ3n) is 3.89. The summed E-state index contributed by atoms with van der Waals surface area (Å²) < 4.78 is 0. The molecular formula is C14H30N2O. The van der Waals surface area contributed by atoms with Crippen molar-refractivity contribution < 1.29 is 4.79 Å². The number of nitrogens with zero attached hydrogens (tertiary/aromatic N) is 1. The lowest BCUT2D eigenvalue weighted by Crippen LogP contribution is -2.51. The molecule has 2 aliphatic heterocycles. The molecule has 0 radical (unpaired) electrons. The molecule has 3 atom stereocenters. The van der Waals surface area contributed by atoms with Crippen LogP contribution in [-0.4, -0.2) is 42.4 Å². The molecule has 3 nitrogen and oxygen atoms in total. The average Bonchev–Trinajstić information content (AvgIpc) is 2.12. The van der Waals surface area contributed by atoms with E-state index >= 15 is 0 Å². The summed E-state index contributed by atoms with van der Waals surface area (Å²) in [5, 5.41) is 3.11. The SMILES string of the molecule is C.C1CNC1.CCN1C(C)CC(=O)C(C)C1C. The number of Topliss-reactive ketones (excluding diaryl/α,β-unsaturated/α-hetero) is 1. The minimum Gasteiger partial charge on any atom is -0.317 e. The molecule has 1 N–H and O–H groups in total. The second kappa shape index (κ2) is 7.83. The number of hydrogen-bond donors (Lipinski definition) is 1. The number of rotatable bonds is 1. The van der Waals surface area contributed by atoms with E-state index < -0.39 is 0 Å². The van der Waals surface area contributed by atoms with E-state index in [-0.39, 0.29) is 13.3 Å². The van der Waals surface area contributed by atoms with Crippen molar-refractivity contribution in [2.45, 2.75) is 60.0 Å². The molecule has 0 aromatic carbocycles. The zero-order valence-electron chi connectivity index (χ0n) is 11.1. The van der Waals surface area contributed by atoms with Gasteiger partial charge >= 0.3 is 0 Å². The van der Waals surface area contributed by atoms with Crippen LogP contribution >= 0.6 is 0 Å². The van der Waals surface area contributed by atoms with Gasteiger partial charge in [0.1, 0.15) is 5.78 Å². The highest BCUT2D eigenvalue weighted by atomic mass is 16.1. The number of nitrogens with one attached hydrogen (secondary N) is 1. The predicted octanol–water partition coefficient (Wildman–Crippen LogP) is 2.31. The molecule has 0 bridgehead atoms. The van der Waals surface area contributed by atoms with Crippen molar-refractivity contribution >= 4 is 5.78 Å². The number of piperidine rings is 1. The molecular weight excluding hydrogens is 212 g/mol. The van der Waals surface area contributed by atoms with E-state index in [1.54, 1.807) is 0 Å². The summed E-state index contributed by atoms with van der Waals surface area (Å²) in [7, 11) is 0. The first-order chi connectivity index (χ1) is 7.57. The summed E-state index contributed by atoms with van der Waals surface area (Å²) in [5.74, 6) is 0.654. The van der Waals surface area contributed by atoms with Crippen LogP contribution in [0, 0.1) is 5.92 Å². The Morgan fingerprint density at radius 1 is 1.29 bits per heavy atom. The van der Waals surface area contributed by atoms with Gasteiger partial charge in [-0.15, -0.1) is 0 Å². The van der Waals surface area contributed by atoms with Crippen molar-refractivity contribution in [3.05, 3.63) is 0 Å². The molecule has 2 heterocycles. The molecule has 3 unspecified atom stereocenters. The molecule has 3 heteroatoms. The first kappa shape index (κ1) is 16.6. The van der Waals surface area contributed by atoms with Gasteiger partial charge < -0.3 is 5.32 Å². The molecule has 17 heavy (non-hydrogen) atoms. The van der Waals surface area contributed by atoms with Crippen molar-refractivity contribution in [3.63, 3.8) is 0 Å². The lowest BCUT2D eigenvalue weighted by atomic mass is 9.87. The maximum atomic E-state index is 11.4. The van der Waals surface area contributed by atoms with E-state index in [2.05, 4.69) is 31.0 Å². The van der Waals surface area contributed by atoms with Crippen LogP contribution in [0.5, 0.6) is 0 Å². The molecule has 2 aliphatic rings.